The molecule has 2 N–H and O–H groups in total. The topological polar surface area (TPSA) is 144 Å². The van der Waals surface area contributed by atoms with Crippen molar-refractivity contribution >= 4 is 67.4 Å². The fourth-order valence-corrected chi connectivity index (χ4v) is 5.73. The van der Waals surface area contributed by atoms with Crippen LogP contribution in [0.2, 0.25) is 0 Å². The Hall–Kier alpha value is -6.02. The highest BCUT2D eigenvalue weighted by Crippen LogP contribution is 2.26. The van der Waals surface area contributed by atoms with Gasteiger partial charge in [-0.05, 0) is 68.4 Å². The summed E-state index contributed by atoms with van der Waals surface area (Å²) in [6, 6.07) is 31.7. The summed E-state index contributed by atoms with van der Waals surface area (Å²) < 4.78 is 17.3. The van der Waals surface area contributed by atoms with Crippen LogP contribution >= 0.6 is 15.9 Å². The van der Waals surface area contributed by atoms with E-state index >= 15 is 0 Å². The summed E-state index contributed by atoms with van der Waals surface area (Å²) in [7, 11) is 0. The predicted molar refractivity (Wildman–Crippen MR) is 204 cm³/mol. The number of carbonyl (C=O) groups is 2. The van der Waals surface area contributed by atoms with E-state index in [9.17, 15) is 9.59 Å². The van der Waals surface area contributed by atoms with Crippen LogP contribution in [0.1, 0.15) is 13.8 Å². The summed E-state index contributed by atoms with van der Waals surface area (Å²) in [6.07, 6.45) is -0.651. The number of hydrogen-bond acceptors (Lipinski definition) is 10. The zero-order valence-corrected chi connectivity index (χ0v) is 30.2. The molecule has 2 aromatic heterocycles. The molecule has 13 nitrogen and oxygen atoms in total. The van der Waals surface area contributed by atoms with Crippen LogP contribution in [0.5, 0.6) is 17.5 Å². The number of benzene rings is 4. The smallest absolute Gasteiger partial charge is 0.418 e. The summed E-state index contributed by atoms with van der Waals surface area (Å²) in [5, 5.41) is 5.46. The van der Waals surface area contributed by atoms with Crippen molar-refractivity contribution in [2.75, 3.05) is 54.9 Å². The Kier molecular flexibility index (Phi) is 11.9. The van der Waals surface area contributed by atoms with Crippen molar-refractivity contribution in [3.63, 3.8) is 0 Å². The lowest BCUT2D eigenvalue weighted by Crippen LogP contribution is -2.50. The number of para-hydroxylation sites is 5. The summed E-state index contributed by atoms with van der Waals surface area (Å²) in [4.78, 5) is 46.7. The zero-order valence-electron chi connectivity index (χ0n) is 28.7. The van der Waals surface area contributed by atoms with Crippen molar-refractivity contribution < 1.29 is 23.8 Å². The summed E-state index contributed by atoms with van der Waals surface area (Å²) >= 11 is 3.51. The number of amides is 3. The molecule has 0 unspecified atom stereocenters. The number of nitrogens with one attached hydrogen (secondary N) is 2. The van der Waals surface area contributed by atoms with Crippen LogP contribution in [-0.4, -0.2) is 76.4 Å². The van der Waals surface area contributed by atoms with Crippen LogP contribution in [0.25, 0.3) is 22.1 Å². The maximum Gasteiger partial charge on any atom is 0.418 e. The molecular formula is C38H37BrN8O5. The molecule has 4 aromatic carbocycles. The minimum Gasteiger partial charge on any atom is -0.475 e. The number of anilines is 3. The van der Waals surface area contributed by atoms with E-state index in [2.05, 4.69) is 63.5 Å². The van der Waals surface area contributed by atoms with Crippen LogP contribution in [0.4, 0.5) is 26.9 Å². The molecular weight excluding hydrogens is 728 g/mol. The first kappa shape index (κ1) is 35.8. The van der Waals surface area contributed by atoms with Gasteiger partial charge >= 0.3 is 12.1 Å². The summed E-state index contributed by atoms with van der Waals surface area (Å²) in [6.45, 7) is 7.37. The van der Waals surface area contributed by atoms with Gasteiger partial charge < -0.3 is 24.0 Å². The number of ether oxygens (including phenoxy) is 3. The average molecular weight is 766 g/mol. The predicted octanol–water partition coefficient (Wildman–Crippen LogP) is 7.78. The van der Waals surface area contributed by atoms with Gasteiger partial charge in [0.15, 0.2) is 11.6 Å². The minimum atomic E-state index is -0.651. The number of nitrogens with zero attached hydrogens (tertiary/aromatic N) is 6. The fourth-order valence-electron chi connectivity index (χ4n) is 5.34. The molecule has 14 heteroatoms. The fraction of sp³-hybridized carbons (Fsp3) is 0.211. The van der Waals surface area contributed by atoms with Gasteiger partial charge in [0.25, 0.3) is 11.8 Å². The van der Waals surface area contributed by atoms with Crippen molar-refractivity contribution in [2.24, 2.45) is 0 Å². The molecule has 1 saturated heterocycles. The molecule has 1 aliphatic heterocycles. The van der Waals surface area contributed by atoms with Gasteiger partial charge in [-0.1, -0.05) is 64.5 Å². The van der Waals surface area contributed by atoms with E-state index in [-0.39, 0.29) is 17.7 Å². The second-order valence-corrected chi connectivity index (χ2v) is 12.2. The molecule has 52 heavy (non-hydrogen) atoms. The van der Waals surface area contributed by atoms with Crippen molar-refractivity contribution in [1.29, 1.82) is 0 Å². The molecule has 0 atom stereocenters. The van der Waals surface area contributed by atoms with Gasteiger partial charge in [0, 0.05) is 36.3 Å². The molecule has 3 amide bonds. The normalized spacial score (nSPS) is 12.4. The quantitative estimate of drug-likeness (QED) is 0.158. The van der Waals surface area contributed by atoms with Gasteiger partial charge in [-0.3, -0.25) is 10.6 Å². The van der Waals surface area contributed by atoms with Gasteiger partial charge in [0.1, 0.15) is 5.75 Å². The van der Waals surface area contributed by atoms with Crippen LogP contribution in [-0.2, 0) is 0 Å². The monoisotopic (exact) mass is 764 g/mol. The van der Waals surface area contributed by atoms with E-state index in [1.165, 1.54) is 0 Å². The third-order valence-electron chi connectivity index (χ3n) is 7.78. The molecule has 6 aromatic rings. The number of rotatable bonds is 8. The van der Waals surface area contributed by atoms with Crippen LogP contribution in [0.3, 0.4) is 0 Å². The van der Waals surface area contributed by atoms with Crippen molar-refractivity contribution in [3.8, 4) is 17.5 Å². The molecule has 1 aliphatic rings. The average Bonchev–Trinajstić information content (AvgIpc) is 3.16. The lowest BCUT2D eigenvalue weighted by atomic mass is 10.2. The largest absolute Gasteiger partial charge is 0.475 e. The van der Waals surface area contributed by atoms with Gasteiger partial charge in [-0.2, -0.15) is 0 Å². The van der Waals surface area contributed by atoms with Gasteiger partial charge in [-0.15, -0.1) is 0 Å². The van der Waals surface area contributed by atoms with Crippen molar-refractivity contribution in [3.05, 3.63) is 108 Å². The molecule has 0 aliphatic carbocycles. The third-order valence-corrected chi connectivity index (χ3v) is 8.27. The van der Waals surface area contributed by atoms with Crippen LogP contribution in [0, 0.1) is 0 Å². The molecule has 0 radical (unpaired) electrons. The maximum atomic E-state index is 12.8. The lowest BCUT2D eigenvalue weighted by molar-refractivity contribution is 0.207. The molecule has 0 bridgehead atoms. The van der Waals surface area contributed by atoms with E-state index in [1.54, 1.807) is 29.2 Å². The Balaban J connectivity index is 0.000000183. The number of piperazine rings is 1. The van der Waals surface area contributed by atoms with Crippen molar-refractivity contribution in [2.45, 2.75) is 13.8 Å². The number of fused-ring (bicyclic) bond motifs is 2. The number of aromatic nitrogens is 4. The first-order valence-corrected chi connectivity index (χ1v) is 17.6. The number of hydrogen-bond donors (Lipinski definition) is 2. The van der Waals surface area contributed by atoms with E-state index in [4.69, 9.17) is 14.2 Å². The van der Waals surface area contributed by atoms with Gasteiger partial charge in [0.2, 0.25) is 0 Å². The Bertz CT molecular complexity index is 2150. The molecule has 0 spiro atoms. The molecule has 0 saturated carbocycles. The van der Waals surface area contributed by atoms with Gasteiger partial charge in [-0.25, -0.2) is 29.5 Å². The maximum absolute atomic E-state index is 12.8. The molecule has 266 valence electrons. The number of halogens is 1. The zero-order chi connectivity index (χ0) is 36.3. The Morgan fingerprint density at radius 2 is 1.17 bits per heavy atom. The third kappa shape index (κ3) is 9.20. The lowest BCUT2D eigenvalue weighted by Gasteiger charge is -2.36. The summed E-state index contributed by atoms with van der Waals surface area (Å²) in [5.74, 6) is 1.62. The first-order valence-electron chi connectivity index (χ1n) is 16.8. The highest BCUT2D eigenvalue weighted by Gasteiger charge is 2.23. The highest BCUT2D eigenvalue weighted by molar-refractivity contribution is 9.10. The van der Waals surface area contributed by atoms with E-state index in [0.717, 1.165) is 28.8 Å². The standard InChI is InChI=1S/C21H22BrN5O2.C17H15N3O3/c1-2-29-20-19(23-17-8-3-4-9-18(17)24-20)25-21(28)27-12-10-26(11-13-27)16-7-5-6-15(22)14-16;1-2-22-16-15(18-13-10-6-7-11-14(13)19-16)20-17(21)23-12-8-4-3-5-9-12/h3-9,14H,2,10-13H2,1H3,(H,23,25,28);3-11H,2H2,1H3,(H,18,20,21). The Morgan fingerprint density at radius 3 is 1.71 bits per heavy atom. The van der Waals surface area contributed by atoms with E-state index in [0.29, 0.717) is 60.3 Å². The second kappa shape index (κ2) is 17.3. The molecule has 1 fully saturated rings. The SMILES string of the molecule is CCOc1nc2ccccc2nc1NC(=O)N1CCN(c2cccc(Br)c2)CC1.CCOc1nc2ccccc2nc1NC(=O)Oc1ccccc1. The Labute approximate surface area is 309 Å². The number of carbonyl (C=O) groups excluding carboxylic acids is 2. The van der Waals surface area contributed by atoms with Crippen molar-refractivity contribution in [1.82, 2.24) is 24.8 Å². The van der Waals surface area contributed by atoms with E-state index < -0.39 is 6.09 Å². The summed E-state index contributed by atoms with van der Waals surface area (Å²) in [5.41, 5.74) is 3.95. The molecule has 7 rings (SSSR count). The minimum absolute atomic E-state index is 0.190. The second-order valence-electron chi connectivity index (χ2n) is 11.3. The van der Waals surface area contributed by atoms with Crippen LogP contribution in [0.15, 0.2) is 108 Å². The molecule has 3 heterocycles. The first-order chi connectivity index (χ1) is 25.4. The van der Waals surface area contributed by atoms with E-state index in [1.807, 2.05) is 80.6 Å². The van der Waals surface area contributed by atoms with Gasteiger partial charge in [0.05, 0.1) is 35.3 Å². The Morgan fingerprint density at radius 1 is 0.654 bits per heavy atom. The van der Waals surface area contributed by atoms with Crippen LogP contribution < -0.4 is 29.7 Å². The highest BCUT2D eigenvalue weighted by atomic mass is 79.9. The number of urea groups is 1.